The molecule has 94 valence electrons. The van der Waals surface area contributed by atoms with E-state index in [1.54, 1.807) is 35.1 Å². The number of pyridine rings is 2. The molecule has 0 aliphatic rings. The molecule has 3 aromatic rings. The first-order valence-electron chi connectivity index (χ1n) is 5.45. The molecule has 0 fully saturated rings. The molecule has 3 rings (SSSR count). The van der Waals surface area contributed by atoms with Crippen molar-refractivity contribution in [3.8, 4) is 0 Å². The number of carbonyl (C=O) groups is 1. The van der Waals surface area contributed by atoms with Crippen LogP contribution in [-0.4, -0.2) is 25.5 Å². The van der Waals surface area contributed by atoms with Gasteiger partial charge in [-0.3, -0.25) is 9.20 Å². The minimum atomic E-state index is -0.253. The van der Waals surface area contributed by atoms with Crippen LogP contribution in [0.25, 0.3) is 5.65 Å². The molecule has 0 aliphatic heterocycles. The lowest BCUT2D eigenvalue weighted by Crippen LogP contribution is -2.12. The number of halogens is 1. The fraction of sp³-hybridized carbons (Fsp3) is 0. The molecule has 0 bridgehead atoms. The largest absolute Gasteiger partial charge is 0.321 e. The van der Waals surface area contributed by atoms with Gasteiger partial charge >= 0.3 is 0 Å². The summed E-state index contributed by atoms with van der Waals surface area (Å²) in [5.41, 5.74) is 1.80. The third-order valence-electron chi connectivity index (χ3n) is 2.54. The Morgan fingerprint density at radius 1 is 1.32 bits per heavy atom. The average Bonchev–Trinajstić information content (AvgIpc) is 2.86. The van der Waals surface area contributed by atoms with Gasteiger partial charge in [0.1, 0.15) is 11.5 Å². The Balaban J connectivity index is 1.86. The van der Waals surface area contributed by atoms with Gasteiger partial charge in [-0.05, 0) is 24.3 Å². The van der Waals surface area contributed by atoms with Crippen LogP contribution < -0.4 is 5.32 Å². The highest BCUT2D eigenvalue weighted by molar-refractivity contribution is 6.29. The molecular formula is C12H8ClN5O. The maximum Gasteiger partial charge on any atom is 0.255 e. The van der Waals surface area contributed by atoms with Crippen molar-refractivity contribution in [1.29, 1.82) is 0 Å². The number of amides is 1. The second-order valence-corrected chi connectivity index (χ2v) is 4.22. The van der Waals surface area contributed by atoms with E-state index in [9.17, 15) is 4.79 Å². The van der Waals surface area contributed by atoms with Crippen molar-refractivity contribution in [2.45, 2.75) is 0 Å². The van der Waals surface area contributed by atoms with E-state index >= 15 is 0 Å². The van der Waals surface area contributed by atoms with Crippen LogP contribution >= 0.6 is 11.6 Å². The van der Waals surface area contributed by atoms with Gasteiger partial charge in [-0.15, -0.1) is 10.2 Å². The first-order valence-corrected chi connectivity index (χ1v) is 5.82. The summed E-state index contributed by atoms with van der Waals surface area (Å²) in [6.45, 7) is 0. The van der Waals surface area contributed by atoms with E-state index in [4.69, 9.17) is 11.6 Å². The molecular weight excluding hydrogens is 266 g/mol. The van der Waals surface area contributed by atoms with Crippen LogP contribution in [0.1, 0.15) is 10.4 Å². The van der Waals surface area contributed by atoms with Gasteiger partial charge in [-0.1, -0.05) is 11.6 Å². The molecule has 1 N–H and O–H groups in total. The fourth-order valence-corrected chi connectivity index (χ4v) is 1.82. The van der Waals surface area contributed by atoms with Crippen LogP contribution in [0.15, 0.2) is 43.0 Å². The third kappa shape index (κ3) is 2.38. The summed E-state index contributed by atoms with van der Waals surface area (Å²) >= 11 is 5.74. The standard InChI is InChI=1S/C12H8ClN5O/c13-10-5-8(3-4-14-10)12(19)16-9-1-2-11-17-15-7-18(11)6-9/h1-7H,(H,16,19). The molecule has 7 heteroatoms. The summed E-state index contributed by atoms with van der Waals surface area (Å²) in [6.07, 6.45) is 4.78. The minimum absolute atomic E-state index is 0.253. The summed E-state index contributed by atoms with van der Waals surface area (Å²) < 4.78 is 1.72. The Morgan fingerprint density at radius 3 is 3.05 bits per heavy atom. The fourth-order valence-electron chi connectivity index (χ4n) is 1.65. The van der Waals surface area contributed by atoms with Gasteiger partial charge in [0.15, 0.2) is 5.65 Å². The molecule has 0 aliphatic carbocycles. The molecule has 0 atom stereocenters. The quantitative estimate of drug-likeness (QED) is 0.725. The second kappa shape index (κ2) is 4.66. The number of nitrogens with one attached hydrogen (secondary N) is 1. The van der Waals surface area contributed by atoms with Crippen molar-refractivity contribution in [1.82, 2.24) is 19.6 Å². The first kappa shape index (κ1) is 11.6. The minimum Gasteiger partial charge on any atom is -0.321 e. The number of aromatic nitrogens is 4. The Morgan fingerprint density at radius 2 is 2.21 bits per heavy atom. The molecule has 19 heavy (non-hydrogen) atoms. The summed E-state index contributed by atoms with van der Waals surface area (Å²) in [4.78, 5) is 15.8. The van der Waals surface area contributed by atoms with Crippen molar-refractivity contribution in [2.75, 3.05) is 5.32 Å². The molecule has 0 saturated heterocycles. The Kier molecular flexibility index (Phi) is 2.85. The zero-order valence-corrected chi connectivity index (χ0v) is 10.4. The number of carbonyl (C=O) groups excluding carboxylic acids is 1. The molecule has 0 aromatic carbocycles. The SMILES string of the molecule is O=C(Nc1ccc2nncn2c1)c1ccnc(Cl)c1. The van der Waals surface area contributed by atoms with Gasteiger partial charge in [-0.25, -0.2) is 4.98 Å². The van der Waals surface area contributed by atoms with E-state index < -0.39 is 0 Å². The first-order chi connectivity index (χ1) is 9.22. The number of nitrogens with zero attached hydrogens (tertiary/aromatic N) is 4. The smallest absolute Gasteiger partial charge is 0.255 e. The zero-order chi connectivity index (χ0) is 13.2. The van der Waals surface area contributed by atoms with E-state index in [2.05, 4.69) is 20.5 Å². The van der Waals surface area contributed by atoms with Crippen LogP contribution in [-0.2, 0) is 0 Å². The van der Waals surface area contributed by atoms with Gasteiger partial charge in [0.2, 0.25) is 0 Å². The van der Waals surface area contributed by atoms with Gasteiger partial charge < -0.3 is 5.32 Å². The van der Waals surface area contributed by atoms with Crippen molar-refractivity contribution < 1.29 is 4.79 Å². The van der Waals surface area contributed by atoms with E-state index in [0.29, 0.717) is 16.9 Å². The summed E-state index contributed by atoms with van der Waals surface area (Å²) in [5, 5.41) is 10.7. The summed E-state index contributed by atoms with van der Waals surface area (Å²) in [6, 6.07) is 6.62. The maximum atomic E-state index is 12.0. The number of hydrogen-bond donors (Lipinski definition) is 1. The zero-order valence-electron chi connectivity index (χ0n) is 9.62. The predicted octanol–water partition coefficient (Wildman–Crippen LogP) is 2.03. The molecule has 6 nitrogen and oxygen atoms in total. The van der Waals surface area contributed by atoms with E-state index in [1.807, 2.05) is 0 Å². The van der Waals surface area contributed by atoms with Crippen LogP contribution in [0, 0.1) is 0 Å². The topological polar surface area (TPSA) is 72.2 Å². The summed E-state index contributed by atoms with van der Waals surface area (Å²) in [7, 11) is 0. The highest BCUT2D eigenvalue weighted by Gasteiger charge is 2.07. The summed E-state index contributed by atoms with van der Waals surface area (Å²) in [5.74, 6) is -0.253. The number of fused-ring (bicyclic) bond motifs is 1. The lowest BCUT2D eigenvalue weighted by Gasteiger charge is -2.05. The molecule has 0 spiro atoms. The van der Waals surface area contributed by atoms with E-state index in [-0.39, 0.29) is 11.1 Å². The van der Waals surface area contributed by atoms with E-state index in [0.717, 1.165) is 0 Å². The Hall–Kier alpha value is -2.47. The van der Waals surface area contributed by atoms with Gasteiger partial charge in [0.05, 0.1) is 5.69 Å². The van der Waals surface area contributed by atoms with Crippen LogP contribution in [0.2, 0.25) is 5.15 Å². The molecule has 3 heterocycles. The van der Waals surface area contributed by atoms with Crippen LogP contribution in [0.5, 0.6) is 0 Å². The predicted molar refractivity (Wildman–Crippen MR) is 70.2 cm³/mol. The number of anilines is 1. The number of hydrogen-bond acceptors (Lipinski definition) is 4. The number of rotatable bonds is 2. The highest BCUT2D eigenvalue weighted by Crippen LogP contribution is 2.12. The van der Waals surface area contributed by atoms with Crippen LogP contribution in [0.4, 0.5) is 5.69 Å². The van der Waals surface area contributed by atoms with Gasteiger partial charge in [-0.2, -0.15) is 0 Å². The lowest BCUT2D eigenvalue weighted by molar-refractivity contribution is 0.102. The van der Waals surface area contributed by atoms with Crippen LogP contribution in [0.3, 0.4) is 0 Å². The van der Waals surface area contributed by atoms with Gasteiger partial charge in [0.25, 0.3) is 5.91 Å². The van der Waals surface area contributed by atoms with Gasteiger partial charge in [0, 0.05) is 18.0 Å². The van der Waals surface area contributed by atoms with E-state index in [1.165, 1.54) is 12.3 Å². The molecule has 0 saturated carbocycles. The normalized spacial score (nSPS) is 10.6. The molecule has 0 radical (unpaired) electrons. The molecule has 0 unspecified atom stereocenters. The monoisotopic (exact) mass is 273 g/mol. The second-order valence-electron chi connectivity index (χ2n) is 3.84. The average molecular weight is 274 g/mol. The van der Waals surface area contributed by atoms with Crippen molar-refractivity contribution in [3.05, 3.63) is 53.7 Å². The molecule has 3 aromatic heterocycles. The Labute approximate surface area is 113 Å². The highest BCUT2D eigenvalue weighted by atomic mass is 35.5. The Bertz CT molecular complexity index is 754. The molecule has 1 amide bonds. The lowest BCUT2D eigenvalue weighted by atomic mass is 10.2. The maximum absolute atomic E-state index is 12.0. The van der Waals surface area contributed by atoms with Crippen molar-refractivity contribution in [2.24, 2.45) is 0 Å². The van der Waals surface area contributed by atoms with Crippen molar-refractivity contribution in [3.63, 3.8) is 0 Å². The third-order valence-corrected chi connectivity index (χ3v) is 2.74. The van der Waals surface area contributed by atoms with Crippen molar-refractivity contribution >= 4 is 28.8 Å².